The Morgan fingerprint density at radius 3 is 2.65 bits per heavy atom. The second-order valence-corrected chi connectivity index (χ2v) is 3.68. The molecule has 0 saturated carbocycles. The molecule has 0 aliphatic heterocycles. The van der Waals surface area contributed by atoms with E-state index >= 15 is 0 Å². The van der Waals surface area contributed by atoms with Gasteiger partial charge in [0.25, 0.3) is 0 Å². The van der Waals surface area contributed by atoms with Crippen LogP contribution in [-0.4, -0.2) is 4.98 Å². The summed E-state index contributed by atoms with van der Waals surface area (Å²) < 4.78 is 26.1. The van der Waals surface area contributed by atoms with Crippen LogP contribution in [-0.2, 0) is 0 Å². The minimum Gasteiger partial charge on any atom is -0.398 e. The molecule has 0 aliphatic carbocycles. The van der Waals surface area contributed by atoms with Gasteiger partial charge in [0, 0.05) is 24.0 Å². The molecular formula is C12H11F2N3. The zero-order valence-electron chi connectivity index (χ0n) is 9.17. The molecule has 1 heterocycles. The molecule has 0 radical (unpaired) electrons. The van der Waals surface area contributed by atoms with Gasteiger partial charge in [0.1, 0.15) is 17.5 Å². The first kappa shape index (κ1) is 11.3. The summed E-state index contributed by atoms with van der Waals surface area (Å²) >= 11 is 0. The van der Waals surface area contributed by atoms with Crippen molar-refractivity contribution in [2.45, 2.75) is 6.92 Å². The van der Waals surface area contributed by atoms with E-state index in [-0.39, 0.29) is 5.69 Å². The summed E-state index contributed by atoms with van der Waals surface area (Å²) in [4.78, 5) is 4.05. The SMILES string of the molecule is Cc1cnc(Nc2ccc(F)cc2F)cc1N. The number of benzene rings is 1. The lowest BCUT2D eigenvalue weighted by molar-refractivity contribution is 0.586. The van der Waals surface area contributed by atoms with Crippen molar-refractivity contribution in [2.75, 3.05) is 11.1 Å². The number of nitrogen functional groups attached to an aromatic ring is 1. The van der Waals surface area contributed by atoms with Gasteiger partial charge in [0.15, 0.2) is 0 Å². The molecule has 3 N–H and O–H groups in total. The number of nitrogens with zero attached hydrogens (tertiary/aromatic N) is 1. The number of anilines is 3. The quantitative estimate of drug-likeness (QED) is 0.841. The fourth-order valence-electron chi connectivity index (χ4n) is 1.34. The molecule has 0 spiro atoms. The molecular weight excluding hydrogens is 224 g/mol. The molecule has 5 heteroatoms. The highest BCUT2D eigenvalue weighted by Gasteiger charge is 2.05. The lowest BCUT2D eigenvalue weighted by atomic mass is 10.2. The van der Waals surface area contributed by atoms with Crippen LogP contribution in [0.5, 0.6) is 0 Å². The predicted octanol–water partition coefficient (Wildman–Crippen LogP) is 2.99. The molecule has 0 aliphatic rings. The summed E-state index contributed by atoms with van der Waals surface area (Å²) in [6, 6.07) is 4.88. The van der Waals surface area contributed by atoms with Gasteiger partial charge in [-0.05, 0) is 24.6 Å². The summed E-state index contributed by atoms with van der Waals surface area (Å²) in [5, 5.41) is 2.73. The number of rotatable bonds is 2. The van der Waals surface area contributed by atoms with Crippen molar-refractivity contribution in [1.82, 2.24) is 4.98 Å². The number of nitrogens with two attached hydrogens (primary N) is 1. The molecule has 3 nitrogen and oxygen atoms in total. The van der Waals surface area contributed by atoms with Crippen LogP contribution in [0.3, 0.4) is 0 Å². The topological polar surface area (TPSA) is 50.9 Å². The van der Waals surface area contributed by atoms with Crippen LogP contribution in [0.25, 0.3) is 0 Å². The molecule has 0 fully saturated rings. The van der Waals surface area contributed by atoms with E-state index in [1.165, 1.54) is 12.1 Å². The minimum atomic E-state index is -0.675. The first-order valence-corrected chi connectivity index (χ1v) is 5.00. The number of aromatic nitrogens is 1. The maximum Gasteiger partial charge on any atom is 0.149 e. The van der Waals surface area contributed by atoms with Gasteiger partial charge in [-0.25, -0.2) is 13.8 Å². The van der Waals surface area contributed by atoms with E-state index in [4.69, 9.17) is 5.73 Å². The van der Waals surface area contributed by atoms with Crippen molar-refractivity contribution in [3.05, 3.63) is 47.7 Å². The molecule has 88 valence electrons. The van der Waals surface area contributed by atoms with Gasteiger partial charge in [-0.15, -0.1) is 0 Å². The van der Waals surface area contributed by atoms with E-state index in [9.17, 15) is 8.78 Å². The van der Waals surface area contributed by atoms with Crippen LogP contribution >= 0.6 is 0 Å². The Balaban J connectivity index is 2.28. The highest BCUT2D eigenvalue weighted by Crippen LogP contribution is 2.21. The van der Waals surface area contributed by atoms with E-state index in [1.807, 2.05) is 6.92 Å². The highest BCUT2D eigenvalue weighted by atomic mass is 19.1. The Morgan fingerprint density at radius 2 is 2.00 bits per heavy atom. The van der Waals surface area contributed by atoms with E-state index in [0.29, 0.717) is 11.5 Å². The number of halogens is 2. The van der Waals surface area contributed by atoms with E-state index < -0.39 is 11.6 Å². The van der Waals surface area contributed by atoms with Crippen molar-refractivity contribution in [3.63, 3.8) is 0 Å². The zero-order valence-corrected chi connectivity index (χ0v) is 9.17. The average molecular weight is 235 g/mol. The van der Waals surface area contributed by atoms with Gasteiger partial charge in [-0.2, -0.15) is 0 Å². The lowest BCUT2D eigenvalue weighted by Gasteiger charge is -2.08. The van der Waals surface area contributed by atoms with Crippen LogP contribution < -0.4 is 11.1 Å². The monoisotopic (exact) mass is 235 g/mol. The van der Waals surface area contributed by atoms with Crippen LogP contribution in [0.4, 0.5) is 26.0 Å². The van der Waals surface area contributed by atoms with E-state index in [1.54, 1.807) is 12.3 Å². The van der Waals surface area contributed by atoms with Crippen molar-refractivity contribution >= 4 is 17.2 Å². The number of hydrogen-bond donors (Lipinski definition) is 2. The molecule has 0 bridgehead atoms. The number of aryl methyl sites for hydroxylation is 1. The van der Waals surface area contributed by atoms with E-state index in [0.717, 1.165) is 11.6 Å². The first-order chi connectivity index (χ1) is 8.06. The Labute approximate surface area is 97.3 Å². The van der Waals surface area contributed by atoms with E-state index in [2.05, 4.69) is 10.3 Å². The Morgan fingerprint density at radius 1 is 1.24 bits per heavy atom. The highest BCUT2D eigenvalue weighted by molar-refractivity contribution is 5.61. The Kier molecular flexibility index (Phi) is 2.91. The van der Waals surface area contributed by atoms with Gasteiger partial charge >= 0.3 is 0 Å². The summed E-state index contributed by atoms with van der Waals surface area (Å²) in [5.41, 5.74) is 7.26. The Hall–Kier alpha value is -2.17. The number of hydrogen-bond acceptors (Lipinski definition) is 3. The third kappa shape index (κ3) is 2.50. The van der Waals surface area contributed by atoms with Crippen molar-refractivity contribution in [2.24, 2.45) is 0 Å². The predicted molar refractivity (Wildman–Crippen MR) is 63.0 cm³/mol. The molecule has 2 rings (SSSR count). The Bertz CT molecular complexity index is 555. The van der Waals surface area contributed by atoms with Crippen LogP contribution in [0.15, 0.2) is 30.5 Å². The fourth-order valence-corrected chi connectivity index (χ4v) is 1.34. The van der Waals surface area contributed by atoms with Gasteiger partial charge in [-0.1, -0.05) is 0 Å². The molecule has 0 saturated heterocycles. The second-order valence-electron chi connectivity index (χ2n) is 3.68. The lowest BCUT2D eigenvalue weighted by Crippen LogP contribution is -1.99. The molecule has 17 heavy (non-hydrogen) atoms. The third-order valence-electron chi connectivity index (χ3n) is 2.34. The maximum atomic E-state index is 13.4. The molecule has 2 aromatic rings. The molecule has 1 aromatic carbocycles. The third-order valence-corrected chi connectivity index (χ3v) is 2.34. The normalized spacial score (nSPS) is 10.3. The van der Waals surface area contributed by atoms with Crippen molar-refractivity contribution in [1.29, 1.82) is 0 Å². The van der Waals surface area contributed by atoms with Crippen LogP contribution in [0.2, 0.25) is 0 Å². The zero-order chi connectivity index (χ0) is 12.4. The minimum absolute atomic E-state index is 0.155. The molecule has 0 atom stereocenters. The standard InChI is InChI=1S/C12H11F2N3/c1-7-6-16-12(5-10(7)15)17-11-3-2-8(13)4-9(11)14/h2-6H,1H3,(H3,15,16,17). The second kappa shape index (κ2) is 4.37. The largest absolute Gasteiger partial charge is 0.398 e. The summed E-state index contributed by atoms with van der Waals surface area (Å²) in [6.45, 7) is 1.82. The van der Waals surface area contributed by atoms with Gasteiger partial charge < -0.3 is 11.1 Å². The first-order valence-electron chi connectivity index (χ1n) is 5.00. The smallest absolute Gasteiger partial charge is 0.149 e. The fraction of sp³-hybridized carbons (Fsp3) is 0.0833. The van der Waals surface area contributed by atoms with Gasteiger partial charge in [0.05, 0.1) is 5.69 Å². The molecule has 0 unspecified atom stereocenters. The van der Waals surface area contributed by atoms with Crippen molar-refractivity contribution < 1.29 is 8.78 Å². The number of pyridine rings is 1. The number of nitrogens with one attached hydrogen (secondary N) is 1. The average Bonchev–Trinajstić information content (AvgIpc) is 2.27. The molecule has 0 amide bonds. The van der Waals surface area contributed by atoms with Gasteiger partial charge in [0.2, 0.25) is 0 Å². The van der Waals surface area contributed by atoms with Crippen molar-refractivity contribution in [3.8, 4) is 0 Å². The van der Waals surface area contributed by atoms with Crippen LogP contribution in [0.1, 0.15) is 5.56 Å². The maximum absolute atomic E-state index is 13.4. The summed E-state index contributed by atoms with van der Waals surface area (Å²) in [5.74, 6) is -0.881. The summed E-state index contributed by atoms with van der Waals surface area (Å²) in [7, 11) is 0. The molecule has 1 aromatic heterocycles. The van der Waals surface area contributed by atoms with Crippen LogP contribution in [0, 0.1) is 18.6 Å². The summed E-state index contributed by atoms with van der Waals surface area (Å²) in [6.07, 6.45) is 1.58. The van der Waals surface area contributed by atoms with Gasteiger partial charge in [-0.3, -0.25) is 0 Å².